The molecule has 0 radical (unpaired) electrons. The van der Waals surface area contributed by atoms with E-state index in [2.05, 4.69) is 49.3 Å². The molecule has 2 heterocycles. The predicted molar refractivity (Wildman–Crippen MR) is 177 cm³/mol. The maximum absolute atomic E-state index is 11.6. The molecular formula is C33H53N2O8S2+. The Morgan fingerprint density at radius 2 is 1.38 bits per heavy atom. The SMILES string of the molecule is COC1CCC2C(C1)C(C)(C)C(/C=C/C=C/C=C/C=C1/N(CCS(=O)(=O)O)C3CCC(OC)CC3C1(C)C)=[N+]2CCS(=O)(=O)O. The largest absolute Gasteiger partial charge is 0.381 e. The van der Waals surface area contributed by atoms with Crippen molar-refractivity contribution in [3.8, 4) is 0 Å². The van der Waals surface area contributed by atoms with E-state index in [1.807, 2.05) is 30.4 Å². The number of nitrogens with zero attached hydrogens (tertiary/aromatic N) is 2. The minimum absolute atomic E-state index is 0.190. The molecule has 2 aliphatic heterocycles. The number of likely N-dealkylation sites (tertiary alicyclic amines) is 1. The Morgan fingerprint density at radius 1 is 0.800 bits per heavy atom. The minimum Gasteiger partial charge on any atom is -0.381 e. The summed E-state index contributed by atoms with van der Waals surface area (Å²) in [6.45, 7) is 9.30. The zero-order valence-corrected chi connectivity index (χ0v) is 29.3. The van der Waals surface area contributed by atoms with Gasteiger partial charge in [0.25, 0.3) is 20.2 Å². The van der Waals surface area contributed by atoms with Crippen molar-refractivity contribution < 1.29 is 40.0 Å². The lowest BCUT2D eigenvalue weighted by atomic mass is 9.68. The number of rotatable bonds is 12. The van der Waals surface area contributed by atoms with E-state index in [0.717, 1.165) is 49.9 Å². The van der Waals surface area contributed by atoms with E-state index < -0.39 is 20.2 Å². The van der Waals surface area contributed by atoms with Crippen molar-refractivity contribution in [2.24, 2.45) is 22.7 Å². The lowest BCUT2D eigenvalue weighted by Crippen LogP contribution is -2.41. The van der Waals surface area contributed by atoms with E-state index in [-0.39, 0.29) is 59.7 Å². The Balaban J connectivity index is 1.53. The Morgan fingerprint density at radius 3 is 2.00 bits per heavy atom. The van der Waals surface area contributed by atoms with E-state index in [1.54, 1.807) is 14.2 Å². The van der Waals surface area contributed by atoms with E-state index >= 15 is 0 Å². The lowest BCUT2D eigenvalue weighted by Gasteiger charge is -2.37. The van der Waals surface area contributed by atoms with Crippen molar-refractivity contribution >= 4 is 25.9 Å². The molecule has 0 amide bonds. The van der Waals surface area contributed by atoms with Crippen LogP contribution in [0.2, 0.25) is 0 Å². The second kappa shape index (κ2) is 14.1. The average molecular weight is 670 g/mol. The van der Waals surface area contributed by atoms with Crippen LogP contribution in [0.1, 0.15) is 66.2 Å². The van der Waals surface area contributed by atoms with Gasteiger partial charge in [-0.1, -0.05) is 44.2 Å². The molecule has 0 aromatic heterocycles. The Hall–Kier alpha value is -1.83. The van der Waals surface area contributed by atoms with Gasteiger partial charge in [-0.25, -0.2) is 4.58 Å². The molecule has 6 atom stereocenters. The summed E-state index contributed by atoms with van der Waals surface area (Å²) in [4.78, 5) is 2.17. The fourth-order valence-electron chi connectivity index (χ4n) is 8.54. The van der Waals surface area contributed by atoms with E-state index in [9.17, 15) is 25.9 Å². The van der Waals surface area contributed by atoms with Gasteiger partial charge in [0.1, 0.15) is 5.75 Å². The first-order chi connectivity index (χ1) is 21.0. The topological polar surface area (TPSA) is 133 Å². The van der Waals surface area contributed by atoms with Crippen LogP contribution in [0.3, 0.4) is 0 Å². The first-order valence-corrected chi connectivity index (χ1v) is 19.3. The first-order valence-electron chi connectivity index (χ1n) is 16.1. The van der Waals surface area contributed by atoms with Gasteiger partial charge in [-0.15, -0.1) is 0 Å². The predicted octanol–water partition coefficient (Wildman–Crippen LogP) is 4.52. The van der Waals surface area contributed by atoms with Gasteiger partial charge in [0.05, 0.1) is 23.4 Å². The molecule has 3 fully saturated rings. The Kier molecular flexibility index (Phi) is 11.3. The molecular weight excluding hydrogens is 617 g/mol. The Labute approximate surface area is 270 Å². The fraction of sp³-hybridized carbons (Fsp3) is 0.727. The zero-order valence-electron chi connectivity index (χ0n) is 27.6. The summed E-state index contributed by atoms with van der Waals surface area (Å²) in [7, 11) is -4.68. The third-order valence-electron chi connectivity index (χ3n) is 10.9. The normalized spacial score (nSPS) is 32.8. The van der Waals surface area contributed by atoms with Crippen LogP contribution in [0.15, 0.2) is 48.2 Å². The summed E-state index contributed by atoms with van der Waals surface area (Å²) < 4.78 is 79.0. The molecule has 12 heteroatoms. The van der Waals surface area contributed by atoms with Crippen molar-refractivity contribution in [1.82, 2.24) is 4.90 Å². The number of hydrogen-bond acceptors (Lipinski definition) is 7. The average Bonchev–Trinajstić information content (AvgIpc) is 3.31. The number of hydrogen-bond donors (Lipinski definition) is 2. The van der Waals surface area contributed by atoms with Crippen LogP contribution in [-0.4, -0.2) is 104 Å². The lowest BCUT2D eigenvalue weighted by molar-refractivity contribution is -0.563. The Bertz CT molecular complexity index is 1440. The highest BCUT2D eigenvalue weighted by Crippen LogP contribution is 2.53. The van der Waals surface area contributed by atoms with Crippen LogP contribution in [0.25, 0.3) is 0 Å². The molecule has 2 N–H and O–H groups in total. The maximum atomic E-state index is 11.6. The van der Waals surface area contributed by atoms with Gasteiger partial charge in [0.15, 0.2) is 18.3 Å². The highest BCUT2D eigenvalue weighted by Gasteiger charge is 2.56. The number of methoxy groups -OCH3 is 2. The third kappa shape index (κ3) is 8.37. The summed E-state index contributed by atoms with van der Waals surface area (Å²) in [5.74, 6) is 0.00905. The molecule has 0 aromatic carbocycles. The standard InChI is InChI=1S/C33H52N2O8S2/c1-32(2)26-22-24(42-5)14-16-28(26)34(18-20-44(36,37)38)30(32)12-10-8-7-9-11-13-31-33(3,4)27-23-25(43-6)15-17-29(27)35(31)19-21-45(39,40)41/h7-13,24-29H,14-23H2,1-6H3,(H-,36,37,38,39,40,41)/p+1. The van der Waals surface area contributed by atoms with Gasteiger partial charge < -0.3 is 14.4 Å². The molecule has 0 aromatic rings. The quantitative estimate of drug-likeness (QED) is 0.175. The van der Waals surface area contributed by atoms with Crippen molar-refractivity contribution in [1.29, 1.82) is 0 Å². The van der Waals surface area contributed by atoms with Crippen LogP contribution in [0.4, 0.5) is 0 Å². The van der Waals surface area contributed by atoms with E-state index in [1.165, 1.54) is 0 Å². The fourth-order valence-corrected chi connectivity index (χ4v) is 9.40. The zero-order chi connectivity index (χ0) is 33.2. The molecule has 45 heavy (non-hydrogen) atoms. The number of allylic oxidation sites excluding steroid dienone is 8. The van der Waals surface area contributed by atoms with Crippen LogP contribution in [-0.2, 0) is 29.7 Å². The second-order valence-electron chi connectivity index (χ2n) is 14.2. The van der Waals surface area contributed by atoms with Crippen LogP contribution in [0, 0.1) is 22.7 Å². The summed E-state index contributed by atoms with van der Waals surface area (Å²) in [5.41, 5.74) is 1.74. The van der Waals surface area contributed by atoms with Gasteiger partial charge in [-0.3, -0.25) is 9.11 Å². The van der Waals surface area contributed by atoms with Crippen LogP contribution >= 0.6 is 0 Å². The molecule has 2 saturated carbocycles. The summed E-state index contributed by atoms with van der Waals surface area (Å²) in [6, 6.07) is 0.398. The molecule has 10 nitrogen and oxygen atoms in total. The molecule has 0 bridgehead atoms. The molecule has 1 saturated heterocycles. The highest BCUT2D eigenvalue weighted by atomic mass is 32.2. The summed E-state index contributed by atoms with van der Waals surface area (Å²) in [5, 5.41) is 0. The maximum Gasteiger partial charge on any atom is 0.271 e. The second-order valence-corrected chi connectivity index (χ2v) is 17.3. The molecule has 4 rings (SSSR count). The third-order valence-corrected chi connectivity index (χ3v) is 12.3. The first kappa shape index (κ1) is 36.0. The molecule has 4 aliphatic rings. The number of ether oxygens (including phenoxy) is 2. The van der Waals surface area contributed by atoms with Crippen molar-refractivity contribution in [3.05, 3.63) is 48.2 Å². The van der Waals surface area contributed by atoms with Crippen LogP contribution in [0.5, 0.6) is 0 Å². The van der Waals surface area contributed by atoms with Crippen molar-refractivity contribution in [2.75, 3.05) is 38.8 Å². The minimum atomic E-state index is -4.09. The van der Waals surface area contributed by atoms with Crippen molar-refractivity contribution in [2.45, 2.75) is 90.5 Å². The molecule has 6 unspecified atom stereocenters. The molecule has 2 aliphatic carbocycles. The van der Waals surface area contributed by atoms with Crippen LogP contribution < -0.4 is 0 Å². The van der Waals surface area contributed by atoms with E-state index in [0.29, 0.717) is 11.8 Å². The van der Waals surface area contributed by atoms with Gasteiger partial charge >= 0.3 is 0 Å². The van der Waals surface area contributed by atoms with Gasteiger partial charge in [-0.2, -0.15) is 16.8 Å². The summed E-state index contributed by atoms with van der Waals surface area (Å²) in [6.07, 6.45) is 19.7. The van der Waals surface area contributed by atoms with Gasteiger partial charge in [0.2, 0.25) is 0 Å². The monoisotopic (exact) mass is 669 g/mol. The van der Waals surface area contributed by atoms with Gasteiger partial charge in [0, 0.05) is 56.3 Å². The van der Waals surface area contributed by atoms with E-state index in [4.69, 9.17) is 9.47 Å². The summed E-state index contributed by atoms with van der Waals surface area (Å²) >= 11 is 0. The van der Waals surface area contributed by atoms with Gasteiger partial charge in [-0.05, 0) is 57.9 Å². The molecule has 254 valence electrons. The molecule has 0 spiro atoms. The number of fused-ring (bicyclic) bond motifs is 2. The van der Waals surface area contributed by atoms with Crippen molar-refractivity contribution in [3.63, 3.8) is 0 Å². The smallest absolute Gasteiger partial charge is 0.271 e. The highest BCUT2D eigenvalue weighted by molar-refractivity contribution is 7.86.